The molecule has 2 aromatic carbocycles. The van der Waals surface area contributed by atoms with Crippen LogP contribution < -0.4 is 15.4 Å². The number of ether oxygens (including phenoxy) is 1. The Hall–Kier alpha value is -2.60. The van der Waals surface area contributed by atoms with Gasteiger partial charge in [0.25, 0.3) is 0 Å². The van der Waals surface area contributed by atoms with E-state index in [9.17, 15) is 14.3 Å². The lowest BCUT2D eigenvalue weighted by Crippen LogP contribution is -2.38. The molecule has 2 aromatic rings. The van der Waals surface area contributed by atoms with E-state index in [1.807, 2.05) is 24.3 Å². The van der Waals surface area contributed by atoms with Crippen molar-refractivity contribution in [3.63, 3.8) is 0 Å². The van der Waals surface area contributed by atoms with Gasteiger partial charge in [-0.25, -0.2) is 9.18 Å². The Kier molecular flexibility index (Phi) is 6.77. The van der Waals surface area contributed by atoms with Gasteiger partial charge >= 0.3 is 6.03 Å². The molecule has 1 atom stereocenters. The van der Waals surface area contributed by atoms with Crippen molar-refractivity contribution in [2.75, 3.05) is 13.7 Å². The van der Waals surface area contributed by atoms with Gasteiger partial charge in [0.05, 0.1) is 19.8 Å². The minimum atomic E-state index is -0.501. The van der Waals surface area contributed by atoms with Crippen molar-refractivity contribution < 1.29 is 19.0 Å². The Labute approximate surface area is 146 Å². The molecule has 134 valence electrons. The summed E-state index contributed by atoms with van der Waals surface area (Å²) in [5.41, 5.74) is 2.62. The van der Waals surface area contributed by atoms with Gasteiger partial charge in [-0.1, -0.05) is 37.3 Å². The molecule has 3 N–H and O–H groups in total. The summed E-state index contributed by atoms with van der Waals surface area (Å²) in [7, 11) is 1.39. The summed E-state index contributed by atoms with van der Waals surface area (Å²) < 4.78 is 18.5. The third kappa shape index (κ3) is 5.19. The van der Waals surface area contributed by atoms with E-state index < -0.39 is 17.9 Å². The maximum atomic E-state index is 13.6. The second-order valence-electron chi connectivity index (χ2n) is 5.63. The van der Waals surface area contributed by atoms with E-state index in [2.05, 4.69) is 17.6 Å². The van der Waals surface area contributed by atoms with Gasteiger partial charge in [-0.2, -0.15) is 0 Å². The van der Waals surface area contributed by atoms with E-state index in [0.717, 1.165) is 12.0 Å². The Bertz CT molecular complexity index is 704. The molecule has 0 aliphatic carbocycles. The number of rotatable bonds is 7. The van der Waals surface area contributed by atoms with Crippen LogP contribution in [0, 0.1) is 5.82 Å². The molecule has 1 unspecified atom stereocenters. The van der Waals surface area contributed by atoms with Crippen molar-refractivity contribution in [3.8, 4) is 5.75 Å². The van der Waals surface area contributed by atoms with Crippen LogP contribution in [0.25, 0.3) is 0 Å². The van der Waals surface area contributed by atoms with Crippen LogP contribution in [0.15, 0.2) is 42.5 Å². The fourth-order valence-electron chi connectivity index (χ4n) is 2.43. The fourth-order valence-corrected chi connectivity index (χ4v) is 2.43. The Morgan fingerprint density at radius 1 is 1.20 bits per heavy atom. The molecular formula is C19H23FN2O3. The van der Waals surface area contributed by atoms with Gasteiger partial charge in [0, 0.05) is 6.54 Å². The highest BCUT2D eigenvalue weighted by atomic mass is 19.1. The largest absolute Gasteiger partial charge is 0.494 e. The average Bonchev–Trinajstić information content (AvgIpc) is 2.64. The molecule has 0 spiro atoms. The second-order valence-corrected chi connectivity index (χ2v) is 5.63. The fraction of sp³-hybridized carbons (Fsp3) is 0.316. The van der Waals surface area contributed by atoms with Crippen LogP contribution in [0.2, 0.25) is 0 Å². The molecule has 0 saturated carbocycles. The third-order valence-corrected chi connectivity index (χ3v) is 3.95. The van der Waals surface area contributed by atoms with E-state index in [4.69, 9.17) is 4.74 Å². The molecule has 0 aromatic heterocycles. The molecule has 0 saturated heterocycles. The van der Waals surface area contributed by atoms with E-state index in [-0.39, 0.29) is 18.9 Å². The number of aliphatic hydroxyl groups excluding tert-OH is 1. The van der Waals surface area contributed by atoms with Crippen molar-refractivity contribution in [3.05, 3.63) is 65.0 Å². The molecule has 0 aliphatic heterocycles. The quantitative estimate of drug-likeness (QED) is 0.722. The van der Waals surface area contributed by atoms with Crippen molar-refractivity contribution in [2.45, 2.75) is 25.9 Å². The number of amides is 2. The summed E-state index contributed by atoms with van der Waals surface area (Å²) in [5, 5.41) is 14.9. The topological polar surface area (TPSA) is 70.6 Å². The smallest absolute Gasteiger partial charge is 0.315 e. The molecule has 0 aliphatic rings. The third-order valence-electron chi connectivity index (χ3n) is 3.95. The first-order chi connectivity index (χ1) is 12.1. The number of aliphatic hydroxyl groups is 1. The lowest BCUT2D eigenvalue weighted by Gasteiger charge is -2.18. The van der Waals surface area contributed by atoms with Gasteiger partial charge < -0.3 is 20.5 Å². The van der Waals surface area contributed by atoms with Crippen molar-refractivity contribution in [1.82, 2.24) is 10.6 Å². The number of aryl methyl sites for hydroxylation is 1. The number of methoxy groups -OCH3 is 1. The number of hydrogen-bond donors (Lipinski definition) is 3. The highest BCUT2D eigenvalue weighted by molar-refractivity contribution is 5.74. The molecule has 2 amide bonds. The summed E-state index contributed by atoms with van der Waals surface area (Å²) >= 11 is 0. The minimum absolute atomic E-state index is 0.157. The number of halogens is 1. The first-order valence-electron chi connectivity index (χ1n) is 8.13. The summed E-state index contributed by atoms with van der Waals surface area (Å²) in [6.45, 7) is 2.02. The van der Waals surface area contributed by atoms with Crippen LogP contribution in [0.1, 0.15) is 29.7 Å². The zero-order valence-electron chi connectivity index (χ0n) is 14.4. The van der Waals surface area contributed by atoms with Crippen LogP contribution in [-0.4, -0.2) is 24.9 Å². The SMILES string of the molecule is CCc1ccc(C(CO)NC(=O)NCc2ccc(OC)c(F)c2)cc1. The highest BCUT2D eigenvalue weighted by Crippen LogP contribution is 2.17. The predicted molar refractivity (Wildman–Crippen MR) is 94.0 cm³/mol. The molecule has 2 rings (SSSR count). The number of urea groups is 1. The lowest BCUT2D eigenvalue weighted by atomic mass is 10.0. The number of benzene rings is 2. The predicted octanol–water partition coefficient (Wildman–Crippen LogP) is 2.93. The number of hydrogen-bond acceptors (Lipinski definition) is 3. The standard InChI is InChI=1S/C19H23FN2O3/c1-3-13-4-7-15(8-5-13)17(12-23)22-19(24)21-11-14-6-9-18(25-2)16(20)10-14/h4-10,17,23H,3,11-12H2,1-2H3,(H2,21,22,24). The Morgan fingerprint density at radius 3 is 2.44 bits per heavy atom. The van der Waals surface area contributed by atoms with Crippen LogP contribution in [0.4, 0.5) is 9.18 Å². The maximum absolute atomic E-state index is 13.6. The maximum Gasteiger partial charge on any atom is 0.315 e. The van der Waals surface area contributed by atoms with Gasteiger partial charge in [0.1, 0.15) is 0 Å². The van der Waals surface area contributed by atoms with Crippen molar-refractivity contribution in [2.24, 2.45) is 0 Å². The van der Waals surface area contributed by atoms with Crippen molar-refractivity contribution >= 4 is 6.03 Å². The molecule has 0 fully saturated rings. The second kappa shape index (κ2) is 9.03. The molecule has 0 bridgehead atoms. The Balaban J connectivity index is 1.92. The molecule has 6 heteroatoms. The van der Waals surface area contributed by atoms with Gasteiger partial charge in [0.2, 0.25) is 0 Å². The zero-order valence-corrected chi connectivity index (χ0v) is 14.4. The first kappa shape index (κ1) is 18.7. The lowest BCUT2D eigenvalue weighted by molar-refractivity contribution is 0.216. The summed E-state index contributed by atoms with van der Waals surface area (Å²) in [4.78, 5) is 12.0. The summed E-state index contributed by atoms with van der Waals surface area (Å²) in [5.74, 6) is -0.324. The first-order valence-corrected chi connectivity index (χ1v) is 8.13. The van der Waals surface area contributed by atoms with Gasteiger partial charge in [-0.15, -0.1) is 0 Å². The zero-order chi connectivity index (χ0) is 18.2. The Morgan fingerprint density at radius 2 is 1.88 bits per heavy atom. The normalized spacial score (nSPS) is 11.7. The van der Waals surface area contributed by atoms with E-state index in [1.165, 1.54) is 24.8 Å². The van der Waals surface area contributed by atoms with Crippen LogP contribution in [0.3, 0.4) is 0 Å². The number of carbonyl (C=O) groups is 1. The molecule has 0 heterocycles. The number of nitrogens with one attached hydrogen (secondary N) is 2. The molecular weight excluding hydrogens is 323 g/mol. The van der Waals surface area contributed by atoms with E-state index in [0.29, 0.717) is 5.56 Å². The average molecular weight is 346 g/mol. The van der Waals surface area contributed by atoms with Gasteiger partial charge in [-0.05, 0) is 35.2 Å². The van der Waals surface area contributed by atoms with Crippen LogP contribution >= 0.6 is 0 Å². The summed E-state index contributed by atoms with van der Waals surface area (Å²) in [6.07, 6.45) is 0.927. The van der Waals surface area contributed by atoms with Crippen LogP contribution in [-0.2, 0) is 13.0 Å². The van der Waals surface area contributed by atoms with Gasteiger partial charge in [0.15, 0.2) is 11.6 Å². The van der Waals surface area contributed by atoms with Crippen molar-refractivity contribution in [1.29, 1.82) is 0 Å². The van der Waals surface area contributed by atoms with E-state index in [1.54, 1.807) is 6.07 Å². The van der Waals surface area contributed by atoms with Crippen LogP contribution in [0.5, 0.6) is 5.75 Å². The molecule has 5 nitrogen and oxygen atoms in total. The summed E-state index contributed by atoms with van der Waals surface area (Å²) in [6, 6.07) is 11.3. The minimum Gasteiger partial charge on any atom is -0.494 e. The molecule has 25 heavy (non-hydrogen) atoms. The number of carbonyl (C=O) groups excluding carboxylic acids is 1. The monoisotopic (exact) mass is 346 g/mol. The van der Waals surface area contributed by atoms with Gasteiger partial charge in [-0.3, -0.25) is 0 Å². The molecule has 0 radical (unpaired) electrons. The van der Waals surface area contributed by atoms with E-state index >= 15 is 0 Å². The highest BCUT2D eigenvalue weighted by Gasteiger charge is 2.13.